The van der Waals surface area contributed by atoms with E-state index in [2.05, 4.69) is 41.6 Å². The Morgan fingerprint density at radius 2 is 2.24 bits per heavy atom. The summed E-state index contributed by atoms with van der Waals surface area (Å²) >= 11 is 6.43. The Hall–Kier alpha value is -0.560. The third-order valence-electron chi connectivity index (χ3n) is 2.03. The highest BCUT2D eigenvalue weighted by atomic mass is 79.9. The maximum Gasteiger partial charge on any atom is 0.311 e. The molecule has 0 N–H and O–H groups in total. The third kappa shape index (κ3) is 3.70. The van der Waals surface area contributed by atoms with Gasteiger partial charge in [0.1, 0.15) is 5.69 Å². The van der Waals surface area contributed by atoms with Crippen LogP contribution in [0, 0.1) is 0 Å². The highest BCUT2D eigenvalue weighted by Crippen LogP contribution is 2.28. The molecule has 0 amide bonds. The molecule has 0 bridgehead atoms. The average Bonchev–Trinajstić information content (AvgIpc) is 2.31. The second kappa shape index (κ2) is 6.39. The zero-order valence-electron chi connectivity index (χ0n) is 8.84. The Morgan fingerprint density at radius 3 is 2.71 bits per heavy atom. The number of alkyl halides is 3. The largest absolute Gasteiger partial charge is 0.469 e. The monoisotopic (exact) mass is 371 g/mol. The minimum absolute atomic E-state index is 0.141. The minimum atomic E-state index is -2.67. The molecule has 0 aliphatic carbocycles. The van der Waals surface area contributed by atoms with Gasteiger partial charge in [0.05, 0.1) is 19.2 Å². The second-order valence-electron chi connectivity index (χ2n) is 3.15. The molecule has 3 nitrogen and oxygen atoms in total. The standard InChI is InChI=1S/C10H9Br2F2NO2/c1-17-8(16)3-6-9(12)5(4-11)2-7(15-6)10(13)14/h2,10H,3-4H2,1H3. The van der Waals surface area contributed by atoms with E-state index in [4.69, 9.17) is 0 Å². The fourth-order valence-corrected chi connectivity index (χ4v) is 2.50. The SMILES string of the molecule is COC(=O)Cc1nc(C(F)F)cc(CBr)c1Br. The lowest BCUT2D eigenvalue weighted by Gasteiger charge is -2.10. The van der Waals surface area contributed by atoms with Crippen LogP contribution in [-0.4, -0.2) is 18.1 Å². The number of carbonyl (C=O) groups excluding carboxylic acids is 1. The summed E-state index contributed by atoms with van der Waals surface area (Å²) in [7, 11) is 1.23. The molecule has 7 heteroatoms. The molecule has 1 heterocycles. The molecule has 0 spiro atoms. The smallest absolute Gasteiger partial charge is 0.311 e. The summed E-state index contributed by atoms with van der Waals surface area (Å²) in [4.78, 5) is 14.9. The third-order valence-corrected chi connectivity index (χ3v) is 3.60. The first-order chi connectivity index (χ1) is 7.99. The van der Waals surface area contributed by atoms with Crippen LogP contribution in [0.25, 0.3) is 0 Å². The molecule has 17 heavy (non-hydrogen) atoms. The Bertz CT molecular complexity index is 427. The summed E-state index contributed by atoms with van der Waals surface area (Å²) in [6, 6.07) is 1.30. The number of rotatable bonds is 4. The van der Waals surface area contributed by atoms with Crippen LogP contribution in [0.3, 0.4) is 0 Å². The molecule has 0 unspecified atom stereocenters. The number of carbonyl (C=O) groups is 1. The number of hydrogen-bond donors (Lipinski definition) is 0. The van der Waals surface area contributed by atoms with Gasteiger partial charge in [-0.15, -0.1) is 0 Å². The fraction of sp³-hybridized carbons (Fsp3) is 0.400. The van der Waals surface area contributed by atoms with Crippen LogP contribution in [-0.2, 0) is 21.3 Å². The van der Waals surface area contributed by atoms with E-state index in [9.17, 15) is 13.6 Å². The lowest BCUT2D eigenvalue weighted by molar-refractivity contribution is -0.139. The molecule has 1 aromatic rings. The Labute approximate surface area is 114 Å². The van der Waals surface area contributed by atoms with Gasteiger partial charge in [0, 0.05) is 9.80 Å². The van der Waals surface area contributed by atoms with Crippen molar-refractivity contribution in [2.75, 3.05) is 7.11 Å². The van der Waals surface area contributed by atoms with Crippen LogP contribution in [0.2, 0.25) is 0 Å². The van der Waals surface area contributed by atoms with E-state index in [1.807, 2.05) is 0 Å². The first-order valence-electron chi connectivity index (χ1n) is 4.58. The van der Waals surface area contributed by atoms with E-state index in [-0.39, 0.29) is 17.8 Å². The molecule has 0 atom stereocenters. The van der Waals surface area contributed by atoms with Crippen molar-refractivity contribution in [1.82, 2.24) is 4.98 Å². The molecule has 0 saturated carbocycles. The molecule has 0 aliphatic heterocycles. The molecule has 0 fully saturated rings. The molecule has 0 aromatic carbocycles. The van der Waals surface area contributed by atoms with Crippen molar-refractivity contribution in [2.24, 2.45) is 0 Å². The van der Waals surface area contributed by atoms with Crippen molar-refractivity contribution in [1.29, 1.82) is 0 Å². The molecule has 1 rings (SSSR count). The average molecular weight is 373 g/mol. The summed E-state index contributed by atoms with van der Waals surface area (Å²) in [6.45, 7) is 0. The van der Waals surface area contributed by atoms with E-state index in [1.165, 1.54) is 13.2 Å². The normalized spacial score (nSPS) is 10.7. The zero-order chi connectivity index (χ0) is 13.0. The van der Waals surface area contributed by atoms with E-state index < -0.39 is 12.4 Å². The highest BCUT2D eigenvalue weighted by Gasteiger charge is 2.17. The fourth-order valence-electron chi connectivity index (χ4n) is 1.20. The highest BCUT2D eigenvalue weighted by molar-refractivity contribution is 9.10. The maximum absolute atomic E-state index is 12.6. The van der Waals surface area contributed by atoms with Crippen LogP contribution < -0.4 is 0 Å². The van der Waals surface area contributed by atoms with E-state index in [1.54, 1.807) is 0 Å². The van der Waals surface area contributed by atoms with Crippen LogP contribution in [0.15, 0.2) is 10.5 Å². The number of pyridine rings is 1. The lowest BCUT2D eigenvalue weighted by atomic mass is 10.2. The first kappa shape index (κ1) is 14.5. The number of hydrogen-bond acceptors (Lipinski definition) is 3. The van der Waals surface area contributed by atoms with Crippen LogP contribution in [0.5, 0.6) is 0 Å². The van der Waals surface area contributed by atoms with E-state index in [0.717, 1.165) is 0 Å². The van der Waals surface area contributed by atoms with E-state index >= 15 is 0 Å². The van der Waals surface area contributed by atoms with Gasteiger partial charge in [-0.1, -0.05) is 15.9 Å². The van der Waals surface area contributed by atoms with Crippen LogP contribution in [0.1, 0.15) is 23.4 Å². The van der Waals surface area contributed by atoms with Crippen LogP contribution in [0.4, 0.5) is 8.78 Å². The van der Waals surface area contributed by atoms with Crippen molar-refractivity contribution >= 4 is 37.8 Å². The number of halogens is 4. The molecular weight excluding hydrogens is 364 g/mol. The number of nitrogens with zero attached hydrogens (tertiary/aromatic N) is 1. The minimum Gasteiger partial charge on any atom is -0.469 e. The Balaban J connectivity index is 3.17. The van der Waals surface area contributed by atoms with Gasteiger partial charge in [-0.05, 0) is 27.6 Å². The number of aromatic nitrogens is 1. The Morgan fingerprint density at radius 1 is 1.59 bits per heavy atom. The second-order valence-corrected chi connectivity index (χ2v) is 4.51. The molecule has 0 aliphatic rings. The summed E-state index contributed by atoms with van der Waals surface area (Å²) in [6.07, 6.45) is -2.81. The quantitative estimate of drug-likeness (QED) is 0.600. The molecule has 0 saturated heterocycles. The Kier molecular flexibility index (Phi) is 5.45. The molecule has 0 radical (unpaired) electrons. The number of ether oxygens (including phenoxy) is 1. The van der Waals surface area contributed by atoms with Gasteiger partial charge < -0.3 is 4.74 Å². The predicted molar refractivity (Wildman–Crippen MR) is 65.2 cm³/mol. The van der Waals surface area contributed by atoms with Gasteiger partial charge in [-0.25, -0.2) is 8.78 Å². The van der Waals surface area contributed by atoms with Gasteiger partial charge in [0.2, 0.25) is 0 Å². The van der Waals surface area contributed by atoms with Crippen molar-refractivity contribution < 1.29 is 18.3 Å². The summed E-state index contributed by atoms with van der Waals surface area (Å²) in [5.41, 5.74) is 0.528. The topological polar surface area (TPSA) is 39.2 Å². The van der Waals surface area contributed by atoms with Crippen molar-refractivity contribution in [2.45, 2.75) is 18.2 Å². The zero-order valence-corrected chi connectivity index (χ0v) is 12.0. The van der Waals surface area contributed by atoms with Gasteiger partial charge in [0.25, 0.3) is 6.43 Å². The number of esters is 1. The van der Waals surface area contributed by atoms with E-state index in [0.29, 0.717) is 15.4 Å². The first-order valence-corrected chi connectivity index (χ1v) is 6.50. The summed E-state index contributed by atoms with van der Waals surface area (Å²) in [5.74, 6) is -0.523. The van der Waals surface area contributed by atoms with Crippen molar-refractivity contribution in [3.05, 3.63) is 27.5 Å². The molecule has 1 aromatic heterocycles. The lowest BCUT2D eigenvalue weighted by Crippen LogP contribution is -2.09. The van der Waals surface area contributed by atoms with Gasteiger partial charge in [-0.2, -0.15) is 0 Å². The van der Waals surface area contributed by atoms with Gasteiger partial charge >= 0.3 is 5.97 Å². The molecular formula is C10H9Br2F2NO2. The van der Waals surface area contributed by atoms with Crippen molar-refractivity contribution in [3.8, 4) is 0 Å². The van der Waals surface area contributed by atoms with Crippen LogP contribution >= 0.6 is 31.9 Å². The molecule has 94 valence electrons. The van der Waals surface area contributed by atoms with Gasteiger partial charge in [0.15, 0.2) is 0 Å². The maximum atomic E-state index is 12.6. The predicted octanol–water partition coefficient (Wildman–Crippen LogP) is 3.39. The summed E-state index contributed by atoms with van der Waals surface area (Å²) < 4.78 is 30.2. The van der Waals surface area contributed by atoms with Gasteiger partial charge in [-0.3, -0.25) is 9.78 Å². The van der Waals surface area contributed by atoms with Crippen molar-refractivity contribution in [3.63, 3.8) is 0 Å². The number of methoxy groups -OCH3 is 1. The summed E-state index contributed by atoms with van der Waals surface area (Å²) in [5, 5.41) is 0.393.